The topological polar surface area (TPSA) is 378 Å². The number of carbonyl (C=O) groups excluding carboxylic acids is 1. The van der Waals surface area contributed by atoms with Gasteiger partial charge in [-0.3, -0.25) is 31.8 Å². The second-order valence-electron chi connectivity index (χ2n) is 34.0. The number of fused-ring (bicyclic) bond motifs is 6. The third kappa shape index (κ3) is 19.5. The van der Waals surface area contributed by atoms with Gasteiger partial charge in [0.15, 0.2) is 57.3 Å². The summed E-state index contributed by atoms with van der Waals surface area (Å²) >= 11 is 11.2. The molecule has 35 heteroatoms. The van der Waals surface area contributed by atoms with Crippen molar-refractivity contribution in [3.05, 3.63) is 250 Å². The van der Waals surface area contributed by atoms with Crippen molar-refractivity contribution in [2.24, 2.45) is 14.1 Å². The summed E-state index contributed by atoms with van der Waals surface area (Å²) in [5, 5.41) is 41.6. The highest BCUT2D eigenvalue weighted by molar-refractivity contribution is 7.22. The van der Waals surface area contributed by atoms with E-state index < -0.39 is 0 Å². The summed E-state index contributed by atoms with van der Waals surface area (Å²) in [7, 11) is 3.79. The molecule has 4 unspecified atom stereocenters. The van der Waals surface area contributed by atoms with Crippen LogP contribution in [0.5, 0.6) is 0 Å². The molecular weight excluding hydrogens is 1710 g/mol. The number of nitrogens with two attached hydrogens (primary N) is 3. The zero-order valence-corrected chi connectivity index (χ0v) is 76.2. The Kier molecular flexibility index (Phi) is 26.1. The molecule has 0 saturated carbocycles. The van der Waals surface area contributed by atoms with Gasteiger partial charge in [0, 0.05) is 160 Å². The average molecular weight is 1810 g/mol. The summed E-state index contributed by atoms with van der Waals surface area (Å²) < 4.78 is 15.2. The molecule has 5 atom stereocenters. The van der Waals surface area contributed by atoms with Gasteiger partial charge >= 0.3 is 0 Å². The Morgan fingerprint density at radius 2 is 0.900 bits per heavy atom. The van der Waals surface area contributed by atoms with E-state index in [1.165, 1.54) is 87.2 Å². The van der Waals surface area contributed by atoms with E-state index in [1.807, 2.05) is 109 Å². The number of aryl methyl sites for hydroxylation is 4. The van der Waals surface area contributed by atoms with Crippen LogP contribution < -0.4 is 59.7 Å². The number of benzene rings is 3. The normalized spacial score (nSPS) is 17.7. The van der Waals surface area contributed by atoms with E-state index in [1.54, 1.807) is 74.2 Å². The summed E-state index contributed by atoms with van der Waals surface area (Å²) in [6.07, 6.45) is 40.9. The van der Waals surface area contributed by atoms with Crippen molar-refractivity contribution in [1.82, 2.24) is 123 Å². The summed E-state index contributed by atoms with van der Waals surface area (Å²) in [5.74, 6) is 4.93. The number of hydrogen-bond acceptors (Lipinski definition) is 26. The maximum absolute atomic E-state index is 12.8. The summed E-state index contributed by atoms with van der Waals surface area (Å²) in [6, 6.07) is 30.0. The van der Waals surface area contributed by atoms with Gasteiger partial charge in [-0.1, -0.05) is 54.1 Å². The van der Waals surface area contributed by atoms with Crippen LogP contribution in [0.1, 0.15) is 149 Å². The number of halogens is 1. The van der Waals surface area contributed by atoms with Crippen molar-refractivity contribution in [3.63, 3.8) is 0 Å². The number of piperidine rings is 5. The number of carbonyl (C=O) groups is 1. The molecular formula is C95H105ClN30OS3. The molecule has 14 N–H and O–H groups in total. The van der Waals surface area contributed by atoms with Crippen molar-refractivity contribution in [3.8, 4) is 43.0 Å². The molecule has 15 aromatic heterocycles. The van der Waals surface area contributed by atoms with Gasteiger partial charge < -0.3 is 64.1 Å². The number of anilines is 7. The monoisotopic (exact) mass is 1810 g/mol. The van der Waals surface area contributed by atoms with Gasteiger partial charge in [-0.15, -0.1) is 34.0 Å². The smallest absolute Gasteiger partial charge is 0.251 e. The zero-order valence-electron chi connectivity index (χ0n) is 73.0. The van der Waals surface area contributed by atoms with Crippen molar-refractivity contribution in [2.45, 2.75) is 114 Å². The number of rotatable bonds is 16. The molecule has 0 radical (unpaired) electrons. The number of nitrogens with zero attached hydrogens (tertiary/aromatic N) is 19. The quantitative estimate of drug-likeness (QED) is 0.0428. The van der Waals surface area contributed by atoms with Gasteiger partial charge in [0.2, 0.25) is 0 Å². The van der Waals surface area contributed by atoms with Crippen LogP contribution in [0.2, 0.25) is 5.02 Å². The van der Waals surface area contributed by atoms with Gasteiger partial charge in [-0.25, -0.2) is 49.8 Å². The Hall–Kier alpha value is -12.9. The Bertz CT molecular complexity index is 6940. The highest BCUT2D eigenvalue weighted by Crippen LogP contribution is 2.39. The predicted molar refractivity (Wildman–Crippen MR) is 520 cm³/mol. The molecule has 5 fully saturated rings. The molecule has 3 aromatic carbocycles. The average Bonchev–Trinajstić information content (AvgIpc) is 1.62. The molecule has 31 nitrogen and oxygen atoms in total. The van der Waals surface area contributed by atoms with Gasteiger partial charge in [0.05, 0.1) is 114 Å². The summed E-state index contributed by atoms with van der Waals surface area (Å²) in [4.78, 5) is 62.8. The lowest BCUT2D eigenvalue weighted by Gasteiger charge is -2.20. The molecule has 666 valence electrons. The fourth-order valence-corrected chi connectivity index (χ4v) is 20.6. The van der Waals surface area contributed by atoms with Gasteiger partial charge in [0.25, 0.3) is 5.91 Å². The minimum atomic E-state index is -0.147. The van der Waals surface area contributed by atoms with Crippen LogP contribution in [0.15, 0.2) is 195 Å². The molecule has 0 bridgehead atoms. The van der Waals surface area contributed by atoms with Crippen LogP contribution in [0, 0.1) is 13.8 Å². The molecule has 5 aliphatic rings. The third-order valence-corrected chi connectivity index (χ3v) is 28.0. The van der Waals surface area contributed by atoms with Crippen LogP contribution in [0.4, 0.5) is 40.5 Å². The van der Waals surface area contributed by atoms with Crippen molar-refractivity contribution in [1.29, 1.82) is 0 Å². The van der Waals surface area contributed by atoms with Gasteiger partial charge in [-0.2, -0.15) is 10.2 Å². The van der Waals surface area contributed by atoms with E-state index in [2.05, 4.69) is 178 Å². The Morgan fingerprint density at radius 1 is 0.462 bits per heavy atom. The van der Waals surface area contributed by atoms with Gasteiger partial charge in [-0.05, 0) is 192 Å². The minimum Gasteiger partial charge on any atom is -0.381 e. The SMILES string of the molecule is Cc1csc(-c2cnc(N)c3nc(C4CCCNC4)cn23)c1.Cc1csc(-c2cnc(Nc3cnn(C)c3)c3nc(C4CCCNC4)cn23)c1.Cn1cc(Nc2nccn3cc(C4CCCNC4)nc23)cn1.Nc1ncc(-c2cc3ccccc3s2)n2cc([C@H]3CCCNC3)nc12.Nc1ncc(-c2cccc(C(=O)NCc3ccc(Cl)cc3)c2)n2cc(C3CCCNC3)nc12. The first kappa shape index (κ1) is 86.5. The van der Waals surface area contributed by atoms with Crippen molar-refractivity contribution >= 4 is 130 Å². The van der Waals surface area contributed by atoms with Crippen LogP contribution >= 0.6 is 45.6 Å². The number of aromatic nitrogens is 19. The molecule has 5 saturated heterocycles. The van der Waals surface area contributed by atoms with E-state index >= 15 is 0 Å². The molecule has 20 heterocycles. The van der Waals surface area contributed by atoms with Crippen molar-refractivity contribution < 1.29 is 4.79 Å². The van der Waals surface area contributed by atoms with E-state index in [9.17, 15) is 4.79 Å². The van der Waals surface area contributed by atoms with E-state index in [4.69, 9.17) is 58.7 Å². The number of nitrogen functional groups attached to an aromatic ring is 3. The van der Waals surface area contributed by atoms with Gasteiger partial charge in [0.1, 0.15) is 0 Å². The number of thiophene rings is 3. The first-order valence-electron chi connectivity index (χ1n) is 44.5. The van der Waals surface area contributed by atoms with E-state index in [0.29, 0.717) is 69.8 Å². The van der Waals surface area contributed by atoms with E-state index in [-0.39, 0.29) is 5.91 Å². The molecule has 0 aliphatic carbocycles. The maximum atomic E-state index is 12.8. The summed E-state index contributed by atoms with van der Waals surface area (Å²) in [6.45, 7) is 15.0. The number of amides is 1. The first-order valence-corrected chi connectivity index (χ1v) is 47.4. The maximum Gasteiger partial charge on any atom is 0.251 e. The predicted octanol–water partition coefficient (Wildman–Crippen LogP) is 15.9. The second-order valence-corrected chi connectivity index (χ2v) is 37.3. The Labute approximate surface area is 768 Å². The number of imidazole rings is 5. The minimum absolute atomic E-state index is 0.147. The largest absolute Gasteiger partial charge is 0.381 e. The lowest BCUT2D eigenvalue weighted by Crippen LogP contribution is -2.28. The second kappa shape index (κ2) is 39.2. The van der Waals surface area contributed by atoms with Crippen LogP contribution in [0.3, 0.4) is 0 Å². The lowest BCUT2D eigenvalue weighted by molar-refractivity contribution is 0.0951. The molecule has 18 aromatic rings. The highest BCUT2D eigenvalue weighted by Gasteiger charge is 2.28. The fraction of sp³-hybridized carbons (Fsp3) is 0.316. The highest BCUT2D eigenvalue weighted by atomic mass is 35.5. The summed E-state index contributed by atoms with van der Waals surface area (Å²) in [5.41, 5.74) is 38.5. The third-order valence-electron chi connectivity index (χ3n) is 24.5. The van der Waals surface area contributed by atoms with Crippen LogP contribution in [-0.4, -0.2) is 163 Å². The van der Waals surface area contributed by atoms with Crippen LogP contribution in [0.25, 0.3) is 81.3 Å². The first-order chi connectivity index (χ1) is 63.6. The number of nitrogens with one attached hydrogen (secondary N) is 8. The zero-order chi connectivity index (χ0) is 88.7. The fourth-order valence-electron chi connectivity index (χ4n) is 17.6. The Balaban J connectivity index is 0.000000106. The lowest BCUT2D eigenvalue weighted by atomic mass is 9.97. The van der Waals surface area contributed by atoms with Crippen molar-refractivity contribution in [2.75, 3.05) is 93.3 Å². The standard InChI is InChI=1S/C25H25ClN6O.C20H23N7S.C19H19N5S.C16H19N5S.C15H19N7/c26-20-8-6-16(7-9-20)12-30-25(33)18-4-1-3-17(11-18)22-14-29-23(27)24-31-21(15-32(22)24)19-5-2-10-28-13-19;1-13-6-18(28-12-13)17-9-22-19(24-15-8-23-26(2)10-15)20-25-16(11-27(17)20)14-4-3-5-21-7-14;20-18-19-23-14(13-5-3-7-21-9-13)11-24(19)15(10-22-18)17-8-12-4-1-2-6-16(12)25-17;1-10-5-14(22-9-10)13-7-19-15(17)16-20-12(8-21(13)16)11-3-2-4-18-6-11;1-21-9-12(8-18-21)19-14-15-20-13(10-22(15)6-5-17-14)11-3-2-4-16-7-11/h1,3-4,6-9,11,14-15,19,28H,2,5,10,12-13H2,(H2,27,29)(H,30,33);6,8-12,14,21H,3-5,7H2,1-2H3,(H,22,24);1-2,4,6,8,10-11,13,21H,3,5,7,9H2,(H2,20,22);5,7-9,11,18H,2-4,6H2,1H3,(H2,17,19);5-6,8-11,16H,2-4,7H2,1H3,(H,17,19)/t;;13-;;/m..0../s1. The van der Waals surface area contributed by atoms with E-state index in [0.717, 1.165) is 186 Å². The Morgan fingerprint density at radius 3 is 1.36 bits per heavy atom. The molecule has 5 aliphatic heterocycles. The molecule has 130 heavy (non-hydrogen) atoms. The molecule has 23 rings (SSSR count). The molecule has 1 amide bonds. The van der Waals surface area contributed by atoms with Crippen LogP contribution in [-0.2, 0) is 20.6 Å². The number of hydrogen-bond donors (Lipinski definition) is 11. The molecule has 0 spiro atoms.